The first kappa shape index (κ1) is 20.1. The summed E-state index contributed by atoms with van der Waals surface area (Å²) in [5, 5.41) is 7.94. The highest BCUT2D eigenvalue weighted by molar-refractivity contribution is 6.33. The van der Waals surface area contributed by atoms with Gasteiger partial charge in [0, 0.05) is 6.42 Å². The Morgan fingerprint density at radius 1 is 1.21 bits per heavy atom. The van der Waals surface area contributed by atoms with Gasteiger partial charge in [0.2, 0.25) is 5.91 Å². The molecular weight excluding hydrogens is 386 g/mol. The van der Waals surface area contributed by atoms with Crippen LogP contribution in [0.15, 0.2) is 24.3 Å². The predicted molar refractivity (Wildman–Crippen MR) is 102 cm³/mol. The van der Waals surface area contributed by atoms with Gasteiger partial charge in [-0.25, -0.2) is 4.79 Å². The van der Waals surface area contributed by atoms with Crippen LogP contribution in [0.25, 0.3) is 0 Å². The summed E-state index contributed by atoms with van der Waals surface area (Å²) >= 11 is 6.05. The molecule has 10 heteroatoms. The number of nitrogens with one attached hydrogen (secondary N) is 4. The molecule has 0 unspecified atom stereocenters. The van der Waals surface area contributed by atoms with Gasteiger partial charge in [-0.3, -0.25) is 19.7 Å². The van der Waals surface area contributed by atoms with Gasteiger partial charge in [0.25, 0.3) is 11.8 Å². The maximum atomic E-state index is 12.3. The zero-order chi connectivity index (χ0) is 20.1. The summed E-state index contributed by atoms with van der Waals surface area (Å²) in [6.07, 6.45) is 0.477. The molecule has 0 spiro atoms. The Hall–Kier alpha value is -2.65. The highest BCUT2D eigenvalue weighted by Gasteiger charge is 2.31. The molecule has 0 aromatic heterocycles. The molecule has 1 atom stereocenters. The molecule has 0 radical (unpaired) electrons. The molecule has 9 nitrogen and oxygen atoms in total. The third-order valence-corrected chi connectivity index (χ3v) is 5.22. The summed E-state index contributed by atoms with van der Waals surface area (Å²) < 4.78 is 0. The Labute approximate surface area is 167 Å². The number of urea groups is 1. The van der Waals surface area contributed by atoms with E-state index in [1.54, 1.807) is 29.2 Å². The molecule has 2 aliphatic rings. The quantitative estimate of drug-likeness (QED) is 0.452. The van der Waals surface area contributed by atoms with Gasteiger partial charge in [0.05, 0.1) is 36.9 Å². The van der Waals surface area contributed by atoms with Gasteiger partial charge in [0.15, 0.2) is 6.54 Å². The fourth-order valence-electron chi connectivity index (χ4n) is 3.32. The largest absolute Gasteiger partial charge is 0.331 e. The zero-order valence-corrected chi connectivity index (χ0v) is 16.1. The number of para-hydroxylation sites is 1. The summed E-state index contributed by atoms with van der Waals surface area (Å²) in [5.74, 6) is -0.559. The van der Waals surface area contributed by atoms with Crippen molar-refractivity contribution in [3.63, 3.8) is 0 Å². The molecule has 1 aromatic carbocycles. The molecule has 150 valence electrons. The van der Waals surface area contributed by atoms with Crippen LogP contribution in [-0.4, -0.2) is 67.4 Å². The van der Waals surface area contributed by atoms with Crippen LogP contribution in [-0.2, 0) is 14.4 Å². The van der Waals surface area contributed by atoms with Crippen molar-refractivity contribution >= 4 is 41.0 Å². The number of imide groups is 1. The van der Waals surface area contributed by atoms with Crippen molar-refractivity contribution < 1.29 is 24.1 Å². The summed E-state index contributed by atoms with van der Waals surface area (Å²) in [7, 11) is 0. The number of quaternary nitrogens is 1. The Morgan fingerprint density at radius 3 is 2.57 bits per heavy atom. The molecule has 1 aromatic rings. The average molecular weight is 409 g/mol. The second kappa shape index (κ2) is 9.03. The number of rotatable bonds is 6. The second-order valence-corrected chi connectivity index (χ2v) is 7.30. The van der Waals surface area contributed by atoms with Crippen LogP contribution in [0.2, 0.25) is 5.02 Å². The van der Waals surface area contributed by atoms with E-state index in [0.717, 1.165) is 4.90 Å². The van der Waals surface area contributed by atoms with Gasteiger partial charge in [-0.2, -0.15) is 0 Å². The number of benzene rings is 1. The molecule has 2 aliphatic heterocycles. The minimum atomic E-state index is -0.642. The lowest BCUT2D eigenvalue weighted by Gasteiger charge is -2.32. The van der Waals surface area contributed by atoms with Crippen LogP contribution >= 0.6 is 11.6 Å². The number of halogens is 1. The Balaban J connectivity index is 1.38. The monoisotopic (exact) mass is 408 g/mol. The number of piperazine rings is 1. The van der Waals surface area contributed by atoms with Gasteiger partial charge in [-0.1, -0.05) is 23.7 Å². The number of carbonyl (C=O) groups excluding carboxylic acids is 4. The molecular formula is C18H23ClN5O4+. The van der Waals surface area contributed by atoms with Crippen molar-refractivity contribution in [1.29, 1.82) is 0 Å². The number of hydrogen-bond donors (Lipinski definition) is 4. The van der Waals surface area contributed by atoms with E-state index in [4.69, 9.17) is 11.6 Å². The second-order valence-electron chi connectivity index (χ2n) is 6.89. The minimum Gasteiger partial charge on any atom is -0.331 e. The van der Waals surface area contributed by atoms with E-state index in [1.165, 1.54) is 0 Å². The van der Waals surface area contributed by atoms with Crippen LogP contribution in [0, 0.1) is 0 Å². The fraction of sp³-hybridized carbons (Fsp3) is 0.444. The molecule has 0 aliphatic carbocycles. The van der Waals surface area contributed by atoms with Crippen LogP contribution in [0.4, 0.5) is 10.5 Å². The van der Waals surface area contributed by atoms with Gasteiger partial charge >= 0.3 is 6.03 Å². The first-order chi connectivity index (χ1) is 13.4. The number of nitrogens with zero attached hydrogens (tertiary/aromatic N) is 1. The van der Waals surface area contributed by atoms with Gasteiger partial charge < -0.3 is 20.4 Å². The topological polar surface area (TPSA) is 112 Å². The third-order valence-electron chi connectivity index (χ3n) is 4.89. The predicted octanol–water partition coefficient (Wildman–Crippen LogP) is -1.01. The summed E-state index contributed by atoms with van der Waals surface area (Å²) in [6, 6.07) is 5.91. The Bertz CT molecular complexity index is 779. The molecule has 28 heavy (non-hydrogen) atoms. The van der Waals surface area contributed by atoms with E-state index >= 15 is 0 Å². The maximum Gasteiger partial charge on any atom is 0.322 e. The van der Waals surface area contributed by atoms with Crippen molar-refractivity contribution in [3.05, 3.63) is 29.3 Å². The molecule has 2 saturated heterocycles. The normalized spacial score (nSPS) is 19.9. The molecule has 3 rings (SSSR count). The van der Waals surface area contributed by atoms with Crippen LogP contribution in [0.3, 0.4) is 0 Å². The van der Waals surface area contributed by atoms with E-state index in [2.05, 4.69) is 16.0 Å². The van der Waals surface area contributed by atoms with Crippen molar-refractivity contribution in [3.8, 4) is 0 Å². The standard InChI is InChI=1S/C18H22ClN5O4/c19-12-3-1-2-4-13(12)20-15(25)11-23-7-9-24(10-8-23)16(26)6-5-14-17(27)22-18(28)21-14/h1-4,14H,5-11H2,(H,20,25)(H2,21,22,27,28)/p+1/t14-/m1/s1. The van der Waals surface area contributed by atoms with E-state index in [0.29, 0.717) is 43.4 Å². The number of hydrogen-bond acceptors (Lipinski definition) is 4. The van der Waals surface area contributed by atoms with Gasteiger partial charge in [-0.05, 0) is 18.6 Å². The van der Waals surface area contributed by atoms with Crippen molar-refractivity contribution in [2.24, 2.45) is 0 Å². The highest BCUT2D eigenvalue weighted by Crippen LogP contribution is 2.19. The number of anilines is 1. The average Bonchev–Trinajstić information content (AvgIpc) is 2.99. The minimum absolute atomic E-state index is 0.0477. The van der Waals surface area contributed by atoms with Crippen LogP contribution in [0.1, 0.15) is 12.8 Å². The van der Waals surface area contributed by atoms with Crippen LogP contribution in [0.5, 0.6) is 0 Å². The summed E-state index contributed by atoms with van der Waals surface area (Å²) in [6.45, 7) is 2.75. The number of carbonyl (C=O) groups is 4. The molecule has 5 amide bonds. The van der Waals surface area contributed by atoms with E-state index in [1.807, 2.05) is 0 Å². The molecule has 0 bridgehead atoms. The van der Waals surface area contributed by atoms with Crippen molar-refractivity contribution in [2.45, 2.75) is 18.9 Å². The first-order valence-corrected chi connectivity index (χ1v) is 9.57. The third kappa shape index (κ3) is 5.20. The summed E-state index contributed by atoms with van der Waals surface area (Å²) in [4.78, 5) is 50.0. The summed E-state index contributed by atoms with van der Waals surface area (Å²) in [5.41, 5.74) is 0.588. The fourth-order valence-corrected chi connectivity index (χ4v) is 3.50. The van der Waals surface area contributed by atoms with E-state index in [-0.39, 0.29) is 24.7 Å². The lowest BCUT2D eigenvalue weighted by molar-refractivity contribution is -0.895. The smallest absolute Gasteiger partial charge is 0.322 e. The van der Waals surface area contributed by atoms with E-state index < -0.39 is 18.0 Å². The Morgan fingerprint density at radius 2 is 1.93 bits per heavy atom. The van der Waals surface area contributed by atoms with Crippen LogP contribution < -0.4 is 20.9 Å². The first-order valence-electron chi connectivity index (χ1n) is 9.19. The van der Waals surface area contributed by atoms with Gasteiger partial charge in [0.1, 0.15) is 6.04 Å². The zero-order valence-electron chi connectivity index (χ0n) is 15.3. The molecule has 0 saturated carbocycles. The maximum absolute atomic E-state index is 12.3. The highest BCUT2D eigenvalue weighted by atomic mass is 35.5. The lowest BCUT2D eigenvalue weighted by atomic mass is 10.1. The lowest BCUT2D eigenvalue weighted by Crippen LogP contribution is -3.15. The molecule has 4 N–H and O–H groups in total. The van der Waals surface area contributed by atoms with Crippen molar-refractivity contribution in [2.75, 3.05) is 38.0 Å². The number of amides is 5. The van der Waals surface area contributed by atoms with Crippen molar-refractivity contribution in [1.82, 2.24) is 15.5 Å². The Kier molecular flexibility index (Phi) is 6.48. The molecule has 2 fully saturated rings. The SMILES string of the molecule is O=C(C[NH+]1CCN(C(=O)CC[C@H]2NC(=O)NC2=O)CC1)Nc1ccccc1Cl. The van der Waals surface area contributed by atoms with Gasteiger partial charge in [-0.15, -0.1) is 0 Å². The molecule has 2 heterocycles. The van der Waals surface area contributed by atoms with E-state index in [9.17, 15) is 19.2 Å².